The first-order valence-electron chi connectivity index (χ1n) is 7.34. The molecule has 3 nitrogen and oxygen atoms in total. The van der Waals surface area contributed by atoms with Gasteiger partial charge in [-0.15, -0.1) is 0 Å². The van der Waals surface area contributed by atoms with E-state index in [9.17, 15) is 4.39 Å². The molecule has 2 atom stereocenters. The molecule has 0 spiro atoms. The van der Waals surface area contributed by atoms with Gasteiger partial charge < -0.3 is 10.1 Å². The van der Waals surface area contributed by atoms with Gasteiger partial charge in [-0.3, -0.25) is 0 Å². The van der Waals surface area contributed by atoms with Gasteiger partial charge in [-0.1, -0.05) is 24.3 Å². The maximum absolute atomic E-state index is 13.5. The highest BCUT2D eigenvalue weighted by atomic mass is 19.1. The minimum absolute atomic E-state index is 0.0192. The van der Waals surface area contributed by atoms with Crippen LogP contribution in [0.4, 0.5) is 4.39 Å². The van der Waals surface area contributed by atoms with Gasteiger partial charge in [0.05, 0.1) is 24.3 Å². The van der Waals surface area contributed by atoms with Crippen LogP contribution in [0.15, 0.2) is 42.5 Å². The SMILES string of the molecule is C[C@@H]1NCCO[C@H]1c1ccc(-c2cc(F)ccc2C#N)cc1. The van der Waals surface area contributed by atoms with E-state index in [-0.39, 0.29) is 18.0 Å². The van der Waals surface area contributed by atoms with Crippen molar-refractivity contribution < 1.29 is 9.13 Å². The predicted octanol–water partition coefficient (Wildman–Crippen LogP) is 3.41. The highest BCUT2D eigenvalue weighted by Gasteiger charge is 2.23. The van der Waals surface area contributed by atoms with Crippen LogP contribution in [0.5, 0.6) is 0 Å². The minimum atomic E-state index is -0.341. The average Bonchev–Trinajstić information content (AvgIpc) is 2.55. The second-order valence-corrected chi connectivity index (χ2v) is 5.46. The molecule has 22 heavy (non-hydrogen) atoms. The van der Waals surface area contributed by atoms with Crippen LogP contribution in [-0.2, 0) is 4.74 Å². The van der Waals surface area contributed by atoms with Crippen LogP contribution in [0, 0.1) is 17.1 Å². The molecule has 1 fully saturated rings. The minimum Gasteiger partial charge on any atom is -0.371 e. The number of rotatable bonds is 2. The molecular weight excluding hydrogens is 279 g/mol. The van der Waals surface area contributed by atoms with Crippen LogP contribution >= 0.6 is 0 Å². The van der Waals surface area contributed by atoms with Crippen LogP contribution < -0.4 is 5.32 Å². The summed E-state index contributed by atoms with van der Waals surface area (Å²) in [5.41, 5.74) is 3.00. The third-order valence-corrected chi connectivity index (χ3v) is 3.97. The molecule has 1 N–H and O–H groups in total. The Balaban J connectivity index is 1.92. The van der Waals surface area contributed by atoms with Gasteiger partial charge in [-0.25, -0.2) is 4.39 Å². The van der Waals surface area contributed by atoms with Crippen LogP contribution in [-0.4, -0.2) is 19.2 Å². The Bertz CT molecular complexity index is 706. The lowest BCUT2D eigenvalue weighted by molar-refractivity contribution is -0.000215. The van der Waals surface area contributed by atoms with Crippen molar-refractivity contribution in [2.24, 2.45) is 0 Å². The Morgan fingerprint density at radius 1 is 1.23 bits per heavy atom. The lowest BCUT2D eigenvalue weighted by Gasteiger charge is -2.30. The van der Waals surface area contributed by atoms with Crippen molar-refractivity contribution in [2.75, 3.05) is 13.2 Å². The zero-order valence-electron chi connectivity index (χ0n) is 12.3. The standard InChI is InChI=1S/C18H17FN2O/c1-12-18(22-9-8-21-12)14-4-2-13(3-5-14)17-10-16(19)7-6-15(17)11-20/h2-7,10,12,18,21H,8-9H2,1H3/t12-,18+/m0/s1. The van der Waals surface area contributed by atoms with E-state index in [0.29, 0.717) is 17.7 Å². The maximum Gasteiger partial charge on any atom is 0.123 e. The van der Waals surface area contributed by atoms with Crippen LogP contribution in [0.25, 0.3) is 11.1 Å². The third-order valence-electron chi connectivity index (χ3n) is 3.97. The van der Waals surface area contributed by atoms with Gasteiger partial charge in [-0.2, -0.15) is 5.26 Å². The van der Waals surface area contributed by atoms with Crippen molar-refractivity contribution in [3.8, 4) is 17.2 Å². The van der Waals surface area contributed by atoms with E-state index in [1.165, 1.54) is 18.2 Å². The molecule has 0 aromatic heterocycles. The van der Waals surface area contributed by atoms with E-state index in [1.54, 1.807) is 0 Å². The molecule has 3 rings (SSSR count). The predicted molar refractivity (Wildman–Crippen MR) is 82.7 cm³/mol. The topological polar surface area (TPSA) is 45.0 Å². The number of hydrogen-bond acceptors (Lipinski definition) is 3. The molecule has 0 bridgehead atoms. The van der Waals surface area contributed by atoms with Gasteiger partial charge >= 0.3 is 0 Å². The Labute approximate surface area is 129 Å². The zero-order valence-corrected chi connectivity index (χ0v) is 12.3. The number of nitrogens with zero attached hydrogens (tertiary/aromatic N) is 1. The molecule has 1 aliphatic heterocycles. The molecule has 0 radical (unpaired) electrons. The summed E-state index contributed by atoms with van der Waals surface area (Å²) in [6, 6.07) is 14.4. The molecule has 1 aliphatic rings. The lowest BCUT2D eigenvalue weighted by atomic mass is 9.96. The second-order valence-electron chi connectivity index (χ2n) is 5.46. The van der Waals surface area contributed by atoms with E-state index >= 15 is 0 Å². The zero-order chi connectivity index (χ0) is 15.5. The summed E-state index contributed by atoms with van der Waals surface area (Å²) in [7, 11) is 0. The quantitative estimate of drug-likeness (QED) is 0.923. The first-order chi connectivity index (χ1) is 10.7. The van der Waals surface area contributed by atoms with E-state index in [1.807, 2.05) is 24.3 Å². The summed E-state index contributed by atoms with van der Waals surface area (Å²) in [5, 5.41) is 12.5. The van der Waals surface area contributed by atoms with Crippen molar-refractivity contribution in [3.05, 3.63) is 59.4 Å². The molecule has 2 aromatic rings. The largest absolute Gasteiger partial charge is 0.371 e. The first kappa shape index (κ1) is 14.7. The van der Waals surface area contributed by atoms with Crippen LogP contribution in [0.1, 0.15) is 24.2 Å². The Morgan fingerprint density at radius 3 is 2.68 bits per heavy atom. The molecule has 1 heterocycles. The van der Waals surface area contributed by atoms with Crippen molar-refractivity contribution >= 4 is 0 Å². The normalized spacial score (nSPS) is 21.3. The molecular formula is C18H17FN2O. The molecule has 4 heteroatoms. The summed E-state index contributed by atoms with van der Waals surface area (Å²) >= 11 is 0. The molecule has 1 saturated heterocycles. The van der Waals surface area contributed by atoms with Crippen molar-refractivity contribution in [3.63, 3.8) is 0 Å². The molecule has 0 saturated carbocycles. The second kappa shape index (κ2) is 6.27. The summed E-state index contributed by atoms with van der Waals surface area (Å²) in [4.78, 5) is 0. The number of benzene rings is 2. The third kappa shape index (κ3) is 2.87. The molecule has 0 aliphatic carbocycles. The number of halogens is 1. The summed E-state index contributed by atoms with van der Waals surface area (Å²) < 4.78 is 19.3. The van der Waals surface area contributed by atoms with Gasteiger partial charge in [-0.05, 0) is 36.2 Å². The van der Waals surface area contributed by atoms with E-state index < -0.39 is 0 Å². The van der Waals surface area contributed by atoms with E-state index in [0.717, 1.165) is 17.7 Å². The number of morpholine rings is 1. The molecule has 2 aromatic carbocycles. The smallest absolute Gasteiger partial charge is 0.123 e. The highest BCUT2D eigenvalue weighted by molar-refractivity contribution is 5.70. The molecule has 0 unspecified atom stereocenters. The Kier molecular flexibility index (Phi) is 4.19. The van der Waals surface area contributed by atoms with Crippen molar-refractivity contribution in [1.29, 1.82) is 5.26 Å². The number of ether oxygens (including phenoxy) is 1. The van der Waals surface area contributed by atoms with Crippen LogP contribution in [0.3, 0.4) is 0 Å². The Morgan fingerprint density at radius 2 is 2.00 bits per heavy atom. The molecule has 0 amide bonds. The number of nitriles is 1. The Hall–Kier alpha value is -2.22. The number of hydrogen-bond donors (Lipinski definition) is 1. The van der Waals surface area contributed by atoms with Gasteiger partial charge in [0.15, 0.2) is 0 Å². The monoisotopic (exact) mass is 296 g/mol. The van der Waals surface area contributed by atoms with Gasteiger partial charge in [0.2, 0.25) is 0 Å². The summed E-state index contributed by atoms with van der Waals surface area (Å²) in [6.07, 6.45) is 0.0192. The lowest BCUT2D eigenvalue weighted by Crippen LogP contribution is -2.41. The van der Waals surface area contributed by atoms with Gasteiger partial charge in [0, 0.05) is 18.2 Å². The number of nitrogens with one attached hydrogen (secondary N) is 1. The van der Waals surface area contributed by atoms with Crippen molar-refractivity contribution in [1.82, 2.24) is 5.32 Å². The summed E-state index contributed by atoms with van der Waals surface area (Å²) in [6.45, 7) is 3.65. The fourth-order valence-electron chi connectivity index (χ4n) is 2.81. The fraction of sp³-hybridized carbons (Fsp3) is 0.278. The average molecular weight is 296 g/mol. The van der Waals surface area contributed by atoms with Crippen LogP contribution in [0.2, 0.25) is 0 Å². The molecule has 112 valence electrons. The van der Waals surface area contributed by atoms with Gasteiger partial charge in [0.25, 0.3) is 0 Å². The maximum atomic E-state index is 13.5. The summed E-state index contributed by atoms with van der Waals surface area (Å²) in [5.74, 6) is -0.341. The highest BCUT2D eigenvalue weighted by Crippen LogP contribution is 2.28. The fourth-order valence-corrected chi connectivity index (χ4v) is 2.81. The van der Waals surface area contributed by atoms with E-state index in [2.05, 4.69) is 18.3 Å². The van der Waals surface area contributed by atoms with E-state index in [4.69, 9.17) is 10.00 Å². The van der Waals surface area contributed by atoms with Gasteiger partial charge in [0.1, 0.15) is 5.82 Å². The van der Waals surface area contributed by atoms with Crippen molar-refractivity contribution in [2.45, 2.75) is 19.1 Å². The first-order valence-corrected chi connectivity index (χ1v) is 7.34.